The van der Waals surface area contributed by atoms with Crippen molar-refractivity contribution in [1.29, 1.82) is 0 Å². The first-order valence-corrected chi connectivity index (χ1v) is 10.9. The Hall–Kier alpha value is -2.09. The summed E-state index contributed by atoms with van der Waals surface area (Å²) in [7, 11) is -2.22. The molecular formula is C20H25ClN2O4S. The molecule has 28 heavy (non-hydrogen) atoms. The van der Waals surface area contributed by atoms with Crippen LogP contribution in [0, 0.1) is 0 Å². The molecule has 0 aliphatic carbocycles. The molecule has 0 heterocycles. The Morgan fingerprint density at radius 1 is 1.14 bits per heavy atom. The van der Waals surface area contributed by atoms with Crippen molar-refractivity contribution >= 4 is 27.5 Å². The van der Waals surface area contributed by atoms with Gasteiger partial charge < -0.3 is 10.1 Å². The van der Waals surface area contributed by atoms with E-state index in [1.165, 1.54) is 35.6 Å². The molecule has 1 amide bonds. The molecule has 0 fully saturated rings. The fourth-order valence-corrected chi connectivity index (χ4v) is 3.87. The van der Waals surface area contributed by atoms with E-state index in [2.05, 4.69) is 5.32 Å². The topological polar surface area (TPSA) is 75.7 Å². The molecule has 0 unspecified atom stereocenters. The van der Waals surface area contributed by atoms with E-state index in [4.69, 9.17) is 16.3 Å². The van der Waals surface area contributed by atoms with E-state index in [9.17, 15) is 13.2 Å². The number of amides is 1. The number of carbonyl (C=O) groups is 1. The largest absolute Gasteiger partial charge is 0.494 e. The van der Waals surface area contributed by atoms with Gasteiger partial charge in [0.05, 0.1) is 11.5 Å². The second-order valence-corrected chi connectivity index (χ2v) is 8.71. The summed E-state index contributed by atoms with van der Waals surface area (Å²) in [4.78, 5) is 12.4. The highest BCUT2D eigenvalue weighted by atomic mass is 35.5. The highest BCUT2D eigenvalue weighted by Gasteiger charge is 2.22. The lowest BCUT2D eigenvalue weighted by molar-refractivity contribution is 0.0953. The molecule has 0 saturated heterocycles. The molecule has 0 bridgehead atoms. The fourth-order valence-electron chi connectivity index (χ4n) is 2.59. The summed E-state index contributed by atoms with van der Waals surface area (Å²) in [6.07, 6.45) is 0.831. The Bertz CT molecular complexity index is 914. The summed E-state index contributed by atoms with van der Waals surface area (Å²) >= 11 is 5.85. The quantitative estimate of drug-likeness (QED) is 0.665. The van der Waals surface area contributed by atoms with E-state index < -0.39 is 10.0 Å². The maximum Gasteiger partial charge on any atom is 0.251 e. The van der Waals surface area contributed by atoms with Crippen LogP contribution in [0.5, 0.6) is 5.75 Å². The van der Waals surface area contributed by atoms with Crippen LogP contribution in [0.4, 0.5) is 0 Å². The molecule has 0 aromatic heterocycles. The van der Waals surface area contributed by atoms with Gasteiger partial charge in [-0.2, -0.15) is 4.31 Å². The molecule has 0 saturated carbocycles. The van der Waals surface area contributed by atoms with Crippen molar-refractivity contribution in [2.45, 2.75) is 31.7 Å². The third-order valence-corrected chi connectivity index (χ3v) is 6.14. The van der Waals surface area contributed by atoms with E-state index in [0.29, 0.717) is 35.1 Å². The van der Waals surface area contributed by atoms with Crippen molar-refractivity contribution < 1.29 is 17.9 Å². The van der Waals surface area contributed by atoms with Crippen LogP contribution < -0.4 is 10.1 Å². The minimum atomic E-state index is -3.71. The Labute approximate surface area is 171 Å². The predicted octanol–water partition coefficient (Wildman–Crippen LogP) is 3.70. The molecule has 152 valence electrons. The molecule has 0 aliphatic rings. The first-order chi connectivity index (χ1) is 13.3. The van der Waals surface area contributed by atoms with Gasteiger partial charge in [0.1, 0.15) is 5.75 Å². The predicted molar refractivity (Wildman–Crippen MR) is 110 cm³/mol. The van der Waals surface area contributed by atoms with Gasteiger partial charge in [-0.3, -0.25) is 4.79 Å². The third kappa shape index (κ3) is 5.47. The lowest BCUT2D eigenvalue weighted by Gasteiger charge is -2.20. The summed E-state index contributed by atoms with van der Waals surface area (Å²) in [6, 6.07) is 11.0. The van der Waals surface area contributed by atoms with E-state index in [1.54, 1.807) is 18.2 Å². The van der Waals surface area contributed by atoms with Crippen LogP contribution in [0.1, 0.15) is 36.2 Å². The third-order valence-electron chi connectivity index (χ3n) is 4.07. The molecule has 0 radical (unpaired) electrons. The zero-order chi connectivity index (χ0) is 20.7. The molecule has 2 aromatic rings. The van der Waals surface area contributed by atoms with E-state index in [0.717, 1.165) is 6.42 Å². The minimum absolute atomic E-state index is 0.0647. The first kappa shape index (κ1) is 22.2. The number of halogens is 1. The van der Waals surface area contributed by atoms with Gasteiger partial charge in [0.25, 0.3) is 5.91 Å². The lowest BCUT2D eigenvalue weighted by Crippen LogP contribution is -2.27. The monoisotopic (exact) mass is 424 g/mol. The Kier molecular flexibility index (Phi) is 7.86. The maximum absolute atomic E-state index is 12.8. The van der Waals surface area contributed by atoms with Gasteiger partial charge in [0.2, 0.25) is 10.0 Å². The minimum Gasteiger partial charge on any atom is -0.494 e. The summed E-state index contributed by atoms with van der Waals surface area (Å²) in [5, 5.41) is 3.28. The number of rotatable bonds is 9. The molecular weight excluding hydrogens is 400 g/mol. The van der Waals surface area contributed by atoms with Crippen molar-refractivity contribution in [3.8, 4) is 5.75 Å². The van der Waals surface area contributed by atoms with Gasteiger partial charge in [0, 0.05) is 36.3 Å². The number of hydrogen-bond donors (Lipinski definition) is 1. The SMILES string of the molecule is CCCNC(=O)c1ccc(OCC)c(CN(C)S(=O)(=O)c2ccc(Cl)cc2)c1. The molecule has 8 heteroatoms. The van der Waals surface area contributed by atoms with Crippen LogP contribution in [0.2, 0.25) is 5.02 Å². The van der Waals surface area contributed by atoms with Gasteiger partial charge in [0.15, 0.2) is 0 Å². The highest BCUT2D eigenvalue weighted by molar-refractivity contribution is 7.89. The van der Waals surface area contributed by atoms with Crippen LogP contribution in [0.25, 0.3) is 0 Å². The smallest absolute Gasteiger partial charge is 0.251 e. The van der Waals surface area contributed by atoms with E-state index >= 15 is 0 Å². The van der Waals surface area contributed by atoms with Gasteiger partial charge in [-0.25, -0.2) is 8.42 Å². The number of sulfonamides is 1. The Morgan fingerprint density at radius 3 is 2.43 bits per heavy atom. The zero-order valence-electron chi connectivity index (χ0n) is 16.2. The highest BCUT2D eigenvalue weighted by Crippen LogP contribution is 2.25. The molecule has 1 N–H and O–H groups in total. The van der Waals surface area contributed by atoms with Crippen molar-refractivity contribution in [3.63, 3.8) is 0 Å². The van der Waals surface area contributed by atoms with Crippen LogP contribution in [0.15, 0.2) is 47.4 Å². The molecule has 0 atom stereocenters. The second-order valence-electron chi connectivity index (χ2n) is 6.23. The standard InChI is InChI=1S/C20H25ClN2O4S/c1-4-12-22-20(24)15-6-11-19(27-5-2)16(13-15)14-23(3)28(25,26)18-9-7-17(21)8-10-18/h6-11,13H,4-5,12,14H2,1-3H3,(H,22,24). The molecule has 2 aromatic carbocycles. The number of nitrogens with one attached hydrogen (secondary N) is 1. The molecule has 2 rings (SSSR count). The zero-order valence-corrected chi connectivity index (χ0v) is 17.8. The first-order valence-electron chi connectivity index (χ1n) is 9.05. The van der Waals surface area contributed by atoms with Gasteiger partial charge >= 0.3 is 0 Å². The maximum atomic E-state index is 12.8. The summed E-state index contributed by atoms with van der Waals surface area (Å²) in [5.74, 6) is 0.349. The number of nitrogens with zero attached hydrogens (tertiary/aromatic N) is 1. The Balaban J connectivity index is 2.31. The van der Waals surface area contributed by atoms with E-state index in [1.807, 2.05) is 13.8 Å². The van der Waals surface area contributed by atoms with Crippen molar-refractivity contribution in [2.75, 3.05) is 20.2 Å². The summed E-state index contributed by atoms with van der Waals surface area (Å²) in [6.45, 7) is 4.89. The van der Waals surface area contributed by atoms with Crippen molar-refractivity contribution in [3.05, 3.63) is 58.6 Å². The fraction of sp³-hybridized carbons (Fsp3) is 0.350. The number of benzene rings is 2. The average Bonchev–Trinajstić information content (AvgIpc) is 2.67. The van der Waals surface area contributed by atoms with Crippen molar-refractivity contribution in [1.82, 2.24) is 9.62 Å². The molecule has 6 nitrogen and oxygen atoms in total. The number of ether oxygens (including phenoxy) is 1. The van der Waals surface area contributed by atoms with Crippen LogP contribution in [-0.2, 0) is 16.6 Å². The van der Waals surface area contributed by atoms with Crippen LogP contribution in [0.3, 0.4) is 0 Å². The normalized spacial score (nSPS) is 11.5. The van der Waals surface area contributed by atoms with Crippen LogP contribution in [-0.4, -0.2) is 38.8 Å². The van der Waals surface area contributed by atoms with E-state index in [-0.39, 0.29) is 17.3 Å². The van der Waals surface area contributed by atoms with Gasteiger partial charge in [-0.1, -0.05) is 18.5 Å². The van der Waals surface area contributed by atoms with Gasteiger partial charge in [-0.15, -0.1) is 0 Å². The second kappa shape index (κ2) is 9.91. The summed E-state index contributed by atoms with van der Waals surface area (Å²) < 4.78 is 32.5. The molecule has 0 aliphatic heterocycles. The van der Waals surface area contributed by atoms with Gasteiger partial charge in [-0.05, 0) is 55.8 Å². The summed E-state index contributed by atoms with van der Waals surface area (Å²) in [5.41, 5.74) is 1.08. The lowest BCUT2D eigenvalue weighted by atomic mass is 10.1. The van der Waals surface area contributed by atoms with Crippen molar-refractivity contribution in [2.24, 2.45) is 0 Å². The average molecular weight is 425 g/mol. The Morgan fingerprint density at radius 2 is 1.82 bits per heavy atom. The molecule has 0 spiro atoms. The number of carbonyl (C=O) groups excluding carboxylic acids is 1. The number of hydrogen-bond acceptors (Lipinski definition) is 4. The van der Waals surface area contributed by atoms with Crippen LogP contribution >= 0.6 is 11.6 Å².